The van der Waals surface area contributed by atoms with Crippen LogP contribution in [0.1, 0.15) is 30.6 Å². The monoisotopic (exact) mass is 167 g/mol. The molecule has 0 saturated heterocycles. The first kappa shape index (κ1) is 7.61. The number of anilines is 1. The standard InChI is InChI=1S/C8H13N3O/c1-3-6-7-5(4-11(6)2)8(9)12-10-7/h6H,3-4,9H2,1-2H3. The minimum absolute atomic E-state index is 0.390. The van der Waals surface area contributed by atoms with Crippen LogP contribution in [0.4, 0.5) is 5.88 Å². The molecule has 0 fully saturated rings. The fraction of sp³-hybridized carbons (Fsp3) is 0.625. The normalized spacial score (nSPS) is 23.0. The molecular weight excluding hydrogens is 154 g/mol. The Hall–Kier alpha value is -1.03. The van der Waals surface area contributed by atoms with E-state index in [1.54, 1.807) is 0 Å². The molecule has 12 heavy (non-hydrogen) atoms. The number of aromatic nitrogens is 1. The van der Waals surface area contributed by atoms with Gasteiger partial charge in [0.05, 0.1) is 11.6 Å². The van der Waals surface area contributed by atoms with Gasteiger partial charge in [-0.2, -0.15) is 0 Å². The summed E-state index contributed by atoms with van der Waals surface area (Å²) in [4.78, 5) is 2.24. The Labute approximate surface area is 71.3 Å². The molecule has 0 aromatic carbocycles. The van der Waals surface area contributed by atoms with Crippen LogP contribution in [-0.4, -0.2) is 17.1 Å². The summed E-state index contributed by atoms with van der Waals surface area (Å²) in [5.41, 5.74) is 7.71. The predicted octanol–water partition coefficient (Wildman–Crippen LogP) is 1.15. The summed E-state index contributed by atoms with van der Waals surface area (Å²) in [6.45, 7) is 3.00. The van der Waals surface area contributed by atoms with E-state index >= 15 is 0 Å². The van der Waals surface area contributed by atoms with Crippen LogP contribution in [0.5, 0.6) is 0 Å². The highest BCUT2D eigenvalue weighted by Crippen LogP contribution is 2.36. The second-order valence-electron chi connectivity index (χ2n) is 3.25. The summed E-state index contributed by atoms with van der Waals surface area (Å²) in [5, 5.41) is 3.96. The molecule has 1 atom stereocenters. The van der Waals surface area contributed by atoms with E-state index in [2.05, 4.69) is 24.0 Å². The Bertz CT molecular complexity index is 294. The highest BCUT2D eigenvalue weighted by atomic mass is 16.5. The summed E-state index contributed by atoms with van der Waals surface area (Å²) in [6.07, 6.45) is 1.05. The molecule has 0 amide bonds. The molecule has 0 aliphatic carbocycles. The van der Waals surface area contributed by atoms with Crippen molar-refractivity contribution >= 4 is 5.88 Å². The maximum absolute atomic E-state index is 5.62. The van der Waals surface area contributed by atoms with Crippen LogP contribution in [0.15, 0.2) is 4.52 Å². The molecule has 1 aliphatic heterocycles. The molecule has 2 heterocycles. The molecule has 1 aromatic heterocycles. The van der Waals surface area contributed by atoms with Crippen molar-refractivity contribution in [2.24, 2.45) is 0 Å². The lowest BCUT2D eigenvalue weighted by Gasteiger charge is -2.16. The summed E-state index contributed by atoms with van der Waals surface area (Å²) in [6, 6.07) is 0.390. The van der Waals surface area contributed by atoms with Gasteiger partial charge in [0.1, 0.15) is 5.69 Å². The number of nitrogens with two attached hydrogens (primary N) is 1. The van der Waals surface area contributed by atoms with Gasteiger partial charge in [-0.3, -0.25) is 4.90 Å². The molecule has 1 aliphatic rings. The summed E-state index contributed by atoms with van der Waals surface area (Å²) in [5.74, 6) is 0.479. The topological polar surface area (TPSA) is 55.3 Å². The molecule has 0 spiro atoms. The van der Waals surface area contributed by atoms with Gasteiger partial charge in [-0.25, -0.2) is 0 Å². The van der Waals surface area contributed by atoms with E-state index < -0.39 is 0 Å². The van der Waals surface area contributed by atoms with Gasteiger partial charge in [-0.15, -0.1) is 0 Å². The van der Waals surface area contributed by atoms with Crippen molar-refractivity contribution in [2.75, 3.05) is 12.8 Å². The smallest absolute Gasteiger partial charge is 0.226 e. The molecule has 2 rings (SSSR count). The van der Waals surface area contributed by atoms with Crippen molar-refractivity contribution in [1.82, 2.24) is 10.1 Å². The molecule has 0 bridgehead atoms. The SMILES string of the molecule is CCC1c2noc(N)c2CN1C. The number of fused-ring (bicyclic) bond motifs is 1. The molecule has 1 unspecified atom stereocenters. The van der Waals surface area contributed by atoms with Crippen LogP contribution in [0, 0.1) is 0 Å². The van der Waals surface area contributed by atoms with Crippen LogP contribution < -0.4 is 5.73 Å². The van der Waals surface area contributed by atoms with Gasteiger partial charge < -0.3 is 10.3 Å². The van der Waals surface area contributed by atoms with Gasteiger partial charge in [-0.05, 0) is 13.5 Å². The second-order valence-corrected chi connectivity index (χ2v) is 3.25. The predicted molar refractivity (Wildman–Crippen MR) is 45.4 cm³/mol. The molecular formula is C8H13N3O. The van der Waals surface area contributed by atoms with Crippen molar-refractivity contribution in [3.8, 4) is 0 Å². The molecule has 4 nitrogen and oxygen atoms in total. The summed E-state index contributed by atoms with van der Waals surface area (Å²) < 4.78 is 4.92. The van der Waals surface area contributed by atoms with Crippen molar-refractivity contribution < 1.29 is 4.52 Å². The van der Waals surface area contributed by atoms with Crippen molar-refractivity contribution in [3.05, 3.63) is 11.3 Å². The number of nitrogen functional groups attached to an aromatic ring is 1. The third-order valence-electron chi connectivity index (χ3n) is 2.49. The Balaban J connectivity index is 2.41. The Morgan fingerprint density at radius 1 is 1.75 bits per heavy atom. The van der Waals surface area contributed by atoms with E-state index in [1.807, 2.05) is 0 Å². The van der Waals surface area contributed by atoms with Gasteiger partial charge in [0, 0.05) is 6.54 Å². The lowest BCUT2D eigenvalue weighted by atomic mass is 10.1. The Morgan fingerprint density at radius 3 is 3.17 bits per heavy atom. The number of nitrogens with zero attached hydrogens (tertiary/aromatic N) is 2. The molecule has 1 aromatic rings. The first-order valence-corrected chi connectivity index (χ1v) is 4.18. The highest BCUT2D eigenvalue weighted by Gasteiger charge is 2.31. The summed E-state index contributed by atoms with van der Waals surface area (Å²) >= 11 is 0. The summed E-state index contributed by atoms with van der Waals surface area (Å²) in [7, 11) is 2.08. The van der Waals surface area contributed by atoms with Crippen molar-refractivity contribution in [2.45, 2.75) is 25.9 Å². The molecule has 2 N–H and O–H groups in total. The Kier molecular flexibility index (Phi) is 1.58. The van der Waals surface area contributed by atoms with Crippen LogP contribution in [-0.2, 0) is 6.54 Å². The maximum atomic E-state index is 5.62. The fourth-order valence-electron chi connectivity index (χ4n) is 1.83. The van der Waals surface area contributed by atoms with Crippen LogP contribution in [0.3, 0.4) is 0 Å². The minimum Gasteiger partial charge on any atom is -0.367 e. The first-order valence-electron chi connectivity index (χ1n) is 4.18. The van der Waals surface area contributed by atoms with Crippen LogP contribution >= 0.6 is 0 Å². The zero-order chi connectivity index (χ0) is 8.72. The van der Waals surface area contributed by atoms with Crippen molar-refractivity contribution in [3.63, 3.8) is 0 Å². The van der Waals surface area contributed by atoms with Gasteiger partial charge in [0.15, 0.2) is 0 Å². The third-order valence-corrected chi connectivity index (χ3v) is 2.49. The number of hydrogen-bond donors (Lipinski definition) is 1. The average molecular weight is 167 g/mol. The molecule has 66 valence electrons. The van der Waals surface area contributed by atoms with Crippen LogP contribution in [0.2, 0.25) is 0 Å². The van der Waals surface area contributed by atoms with E-state index in [0.29, 0.717) is 11.9 Å². The fourth-order valence-corrected chi connectivity index (χ4v) is 1.83. The second kappa shape index (κ2) is 2.48. The zero-order valence-corrected chi connectivity index (χ0v) is 7.37. The average Bonchev–Trinajstić information content (AvgIpc) is 2.52. The van der Waals surface area contributed by atoms with E-state index in [1.165, 1.54) is 0 Å². The lowest BCUT2D eigenvalue weighted by Crippen LogP contribution is -2.16. The number of rotatable bonds is 1. The molecule has 4 heteroatoms. The van der Waals surface area contributed by atoms with E-state index in [4.69, 9.17) is 10.3 Å². The quantitative estimate of drug-likeness (QED) is 0.681. The highest BCUT2D eigenvalue weighted by molar-refractivity contribution is 5.42. The van der Waals surface area contributed by atoms with E-state index in [0.717, 1.165) is 24.2 Å². The molecule has 0 radical (unpaired) electrons. The Morgan fingerprint density at radius 2 is 2.50 bits per heavy atom. The minimum atomic E-state index is 0.390. The van der Waals surface area contributed by atoms with E-state index in [9.17, 15) is 0 Å². The largest absolute Gasteiger partial charge is 0.367 e. The maximum Gasteiger partial charge on any atom is 0.226 e. The van der Waals surface area contributed by atoms with Crippen molar-refractivity contribution in [1.29, 1.82) is 0 Å². The first-order chi connectivity index (χ1) is 5.74. The van der Waals surface area contributed by atoms with Gasteiger partial charge >= 0.3 is 0 Å². The molecule has 0 saturated carbocycles. The third kappa shape index (κ3) is 0.845. The number of hydrogen-bond acceptors (Lipinski definition) is 4. The lowest BCUT2D eigenvalue weighted by molar-refractivity contribution is 0.245. The van der Waals surface area contributed by atoms with E-state index in [-0.39, 0.29) is 0 Å². The van der Waals surface area contributed by atoms with Crippen LogP contribution in [0.25, 0.3) is 0 Å². The zero-order valence-electron chi connectivity index (χ0n) is 7.37. The van der Waals surface area contributed by atoms with Gasteiger partial charge in [0.25, 0.3) is 0 Å². The van der Waals surface area contributed by atoms with Gasteiger partial charge in [-0.1, -0.05) is 12.1 Å². The van der Waals surface area contributed by atoms with Gasteiger partial charge in [0.2, 0.25) is 5.88 Å².